The summed E-state index contributed by atoms with van der Waals surface area (Å²) in [6, 6.07) is 7.39. The summed E-state index contributed by atoms with van der Waals surface area (Å²) in [4.78, 5) is 16.9. The average molecular weight is 304 g/mol. The van der Waals surface area contributed by atoms with Gasteiger partial charge in [0.05, 0.1) is 16.4 Å². The molecule has 0 aliphatic rings. The minimum atomic E-state index is -0.0811. The van der Waals surface area contributed by atoms with Crippen LogP contribution in [0.15, 0.2) is 39.4 Å². The summed E-state index contributed by atoms with van der Waals surface area (Å²) in [7, 11) is 0. The lowest BCUT2D eigenvalue weighted by atomic mass is 10.3. The van der Waals surface area contributed by atoms with Crippen LogP contribution in [0.3, 0.4) is 0 Å². The molecule has 3 heterocycles. The lowest BCUT2D eigenvalue weighted by Gasteiger charge is -2.00. The van der Waals surface area contributed by atoms with Crippen LogP contribution in [0.2, 0.25) is 0 Å². The molecule has 0 atom stereocenters. The Balaban J connectivity index is 1.64. The van der Waals surface area contributed by atoms with Gasteiger partial charge in [-0.25, -0.2) is 4.98 Å². The summed E-state index contributed by atoms with van der Waals surface area (Å²) < 4.78 is 5.68. The lowest BCUT2D eigenvalue weighted by molar-refractivity contribution is 0.0952. The van der Waals surface area contributed by atoms with Crippen molar-refractivity contribution in [3.8, 4) is 11.5 Å². The van der Waals surface area contributed by atoms with Crippen LogP contribution in [-0.2, 0) is 6.54 Å². The third-order valence-electron chi connectivity index (χ3n) is 2.70. The predicted molar refractivity (Wildman–Crippen MR) is 80.0 cm³/mol. The lowest BCUT2D eigenvalue weighted by Crippen LogP contribution is -2.21. The minimum absolute atomic E-state index is 0.0811. The van der Waals surface area contributed by atoms with Crippen LogP contribution in [-0.4, -0.2) is 10.9 Å². The average Bonchev–Trinajstić information content (AvgIpc) is 3.16. The van der Waals surface area contributed by atoms with E-state index in [0.717, 1.165) is 22.2 Å². The second kappa shape index (κ2) is 5.60. The van der Waals surface area contributed by atoms with E-state index in [2.05, 4.69) is 10.3 Å². The number of thiazole rings is 1. The summed E-state index contributed by atoms with van der Waals surface area (Å²) in [5, 5.41) is 7.67. The molecule has 0 aliphatic carbocycles. The third kappa shape index (κ3) is 2.81. The highest BCUT2D eigenvalue weighted by Crippen LogP contribution is 2.23. The highest BCUT2D eigenvalue weighted by molar-refractivity contribution is 7.12. The summed E-state index contributed by atoms with van der Waals surface area (Å²) >= 11 is 3.01. The second-order valence-corrected chi connectivity index (χ2v) is 6.19. The number of furan rings is 1. The molecule has 0 bridgehead atoms. The van der Waals surface area contributed by atoms with Gasteiger partial charge >= 0.3 is 0 Å². The Morgan fingerprint density at radius 1 is 1.35 bits per heavy atom. The van der Waals surface area contributed by atoms with Crippen molar-refractivity contribution in [3.63, 3.8) is 0 Å². The molecule has 0 aliphatic heterocycles. The van der Waals surface area contributed by atoms with Gasteiger partial charge in [0.25, 0.3) is 5.91 Å². The zero-order valence-corrected chi connectivity index (χ0v) is 12.4. The Morgan fingerprint density at radius 3 is 2.95 bits per heavy atom. The Bertz CT molecular complexity index is 713. The molecule has 3 aromatic rings. The maximum absolute atomic E-state index is 11.8. The van der Waals surface area contributed by atoms with Gasteiger partial charge in [-0.05, 0) is 30.5 Å². The first kappa shape index (κ1) is 13.1. The molecular weight excluding hydrogens is 292 g/mol. The fourth-order valence-corrected chi connectivity index (χ4v) is 2.99. The molecule has 1 amide bonds. The molecule has 3 rings (SSSR count). The van der Waals surface area contributed by atoms with Crippen molar-refractivity contribution < 1.29 is 9.21 Å². The Kier molecular flexibility index (Phi) is 3.66. The van der Waals surface area contributed by atoms with Crippen molar-refractivity contribution in [1.82, 2.24) is 10.3 Å². The van der Waals surface area contributed by atoms with Crippen molar-refractivity contribution in [2.75, 3.05) is 0 Å². The van der Waals surface area contributed by atoms with Crippen molar-refractivity contribution in [2.24, 2.45) is 0 Å². The van der Waals surface area contributed by atoms with E-state index in [1.807, 2.05) is 35.9 Å². The van der Waals surface area contributed by atoms with Gasteiger partial charge in [0, 0.05) is 5.38 Å². The summed E-state index contributed by atoms with van der Waals surface area (Å²) in [5.41, 5.74) is 0.836. The highest BCUT2D eigenvalue weighted by atomic mass is 32.1. The molecule has 0 saturated carbocycles. The van der Waals surface area contributed by atoms with Gasteiger partial charge in [-0.15, -0.1) is 22.7 Å². The molecule has 3 aromatic heterocycles. The number of aromatic nitrogens is 1. The number of hydrogen-bond donors (Lipinski definition) is 1. The van der Waals surface area contributed by atoms with E-state index in [1.165, 1.54) is 11.3 Å². The van der Waals surface area contributed by atoms with Gasteiger partial charge in [0.2, 0.25) is 0 Å². The smallest absolute Gasteiger partial charge is 0.261 e. The van der Waals surface area contributed by atoms with E-state index < -0.39 is 0 Å². The Labute approximate surface area is 124 Å². The number of carbonyl (C=O) groups is 1. The van der Waals surface area contributed by atoms with Gasteiger partial charge in [-0.2, -0.15) is 0 Å². The quantitative estimate of drug-likeness (QED) is 0.799. The predicted octanol–water partition coefficient (Wildman–Crippen LogP) is 3.70. The first-order valence-electron chi connectivity index (χ1n) is 6.05. The molecule has 20 heavy (non-hydrogen) atoms. The molecule has 0 fully saturated rings. The van der Waals surface area contributed by atoms with Gasteiger partial charge in [-0.3, -0.25) is 4.79 Å². The van der Waals surface area contributed by atoms with Crippen molar-refractivity contribution in [2.45, 2.75) is 13.5 Å². The number of thiophene rings is 1. The molecule has 102 valence electrons. The van der Waals surface area contributed by atoms with Gasteiger partial charge in [0.15, 0.2) is 5.76 Å². The molecule has 0 radical (unpaired) electrons. The van der Waals surface area contributed by atoms with Crippen molar-refractivity contribution in [1.29, 1.82) is 0 Å². The maximum atomic E-state index is 11.8. The fraction of sp³-hybridized carbons (Fsp3) is 0.143. The molecule has 4 nitrogen and oxygen atoms in total. The number of amides is 1. The van der Waals surface area contributed by atoms with E-state index >= 15 is 0 Å². The molecular formula is C14H12N2O2S2. The topological polar surface area (TPSA) is 55.1 Å². The molecule has 0 spiro atoms. The Hall–Kier alpha value is -1.92. The van der Waals surface area contributed by atoms with Crippen molar-refractivity contribution >= 4 is 28.6 Å². The number of hydrogen-bond acceptors (Lipinski definition) is 5. The standard InChI is InChI=1S/C14H12N2O2S2/c1-9-16-11(8-20-9)12-5-4-10(18-12)7-15-14(17)13-3-2-6-19-13/h2-6,8H,7H2,1H3,(H,15,17). The zero-order chi connectivity index (χ0) is 13.9. The zero-order valence-electron chi connectivity index (χ0n) is 10.8. The van der Waals surface area contributed by atoms with E-state index in [0.29, 0.717) is 11.4 Å². The van der Waals surface area contributed by atoms with Crippen LogP contribution in [0.25, 0.3) is 11.5 Å². The van der Waals surface area contributed by atoms with Crippen LogP contribution in [0.1, 0.15) is 20.4 Å². The second-order valence-electron chi connectivity index (χ2n) is 4.18. The molecule has 0 saturated heterocycles. The minimum Gasteiger partial charge on any atom is -0.458 e. The summed E-state index contributed by atoms with van der Waals surface area (Å²) in [6.45, 7) is 2.33. The van der Waals surface area contributed by atoms with E-state index in [4.69, 9.17) is 4.42 Å². The van der Waals surface area contributed by atoms with Crippen LogP contribution in [0, 0.1) is 6.92 Å². The number of nitrogens with zero attached hydrogens (tertiary/aromatic N) is 1. The van der Waals surface area contributed by atoms with Crippen LogP contribution in [0.4, 0.5) is 0 Å². The van der Waals surface area contributed by atoms with E-state index in [1.54, 1.807) is 17.4 Å². The van der Waals surface area contributed by atoms with E-state index in [-0.39, 0.29) is 5.91 Å². The first-order chi connectivity index (χ1) is 9.72. The maximum Gasteiger partial charge on any atom is 0.261 e. The normalized spacial score (nSPS) is 10.7. The summed E-state index contributed by atoms with van der Waals surface area (Å²) in [6.07, 6.45) is 0. The van der Waals surface area contributed by atoms with Crippen molar-refractivity contribution in [3.05, 3.63) is 50.7 Å². The molecule has 0 aromatic carbocycles. The number of carbonyl (C=O) groups excluding carboxylic acids is 1. The SMILES string of the molecule is Cc1nc(-c2ccc(CNC(=O)c3cccs3)o2)cs1. The molecule has 0 unspecified atom stereocenters. The summed E-state index contributed by atoms with van der Waals surface area (Å²) in [5.74, 6) is 1.37. The monoisotopic (exact) mass is 304 g/mol. The fourth-order valence-electron chi connectivity index (χ4n) is 1.75. The first-order valence-corrected chi connectivity index (χ1v) is 7.81. The highest BCUT2D eigenvalue weighted by Gasteiger charge is 2.10. The third-order valence-corrected chi connectivity index (χ3v) is 4.34. The van der Waals surface area contributed by atoms with Crippen LogP contribution in [0.5, 0.6) is 0 Å². The largest absolute Gasteiger partial charge is 0.458 e. The number of nitrogens with one attached hydrogen (secondary N) is 1. The Morgan fingerprint density at radius 2 is 2.25 bits per heavy atom. The van der Waals surface area contributed by atoms with Gasteiger partial charge in [0.1, 0.15) is 11.5 Å². The van der Waals surface area contributed by atoms with Crippen LogP contribution >= 0.6 is 22.7 Å². The molecule has 6 heteroatoms. The van der Waals surface area contributed by atoms with Crippen LogP contribution < -0.4 is 5.32 Å². The number of rotatable bonds is 4. The van der Waals surface area contributed by atoms with Gasteiger partial charge in [-0.1, -0.05) is 6.07 Å². The molecule has 1 N–H and O–H groups in total. The van der Waals surface area contributed by atoms with E-state index in [9.17, 15) is 4.79 Å². The van der Waals surface area contributed by atoms with Gasteiger partial charge < -0.3 is 9.73 Å². The number of aryl methyl sites for hydroxylation is 1.